The van der Waals surface area contributed by atoms with Crippen LogP contribution in [0.3, 0.4) is 0 Å². The summed E-state index contributed by atoms with van der Waals surface area (Å²) in [6, 6.07) is 11.0. The first kappa shape index (κ1) is 14.1. The average molecular weight is 351 g/mol. The minimum atomic E-state index is 1.07. The van der Waals surface area contributed by atoms with Crippen LogP contribution in [-0.2, 0) is 6.54 Å². The van der Waals surface area contributed by atoms with Crippen LogP contribution in [0.1, 0.15) is 10.4 Å². The molecule has 1 aliphatic heterocycles. The van der Waals surface area contributed by atoms with Crippen molar-refractivity contribution in [1.82, 2.24) is 4.90 Å². The van der Waals surface area contributed by atoms with Crippen LogP contribution < -0.4 is 4.90 Å². The maximum absolute atomic E-state index is 3.62. The molecule has 1 fully saturated rings. The molecule has 3 rings (SSSR count). The van der Waals surface area contributed by atoms with Crippen molar-refractivity contribution in [2.75, 3.05) is 31.1 Å². The Morgan fingerprint density at radius 2 is 1.95 bits per heavy atom. The van der Waals surface area contributed by atoms with E-state index in [0.29, 0.717) is 0 Å². The van der Waals surface area contributed by atoms with Crippen LogP contribution in [0.4, 0.5) is 5.69 Å². The average Bonchev–Trinajstić information content (AvgIpc) is 2.85. The van der Waals surface area contributed by atoms with E-state index in [1.54, 1.807) is 0 Å². The molecule has 0 spiro atoms. The van der Waals surface area contributed by atoms with Crippen molar-refractivity contribution in [3.8, 4) is 0 Å². The molecule has 0 atom stereocenters. The van der Waals surface area contributed by atoms with Crippen LogP contribution in [0.25, 0.3) is 0 Å². The highest BCUT2D eigenvalue weighted by Gasteiger charge is 2.18. The van der Waals surface area contributed by atoms with Crippen LogP contribution in [-0.4, -0.2) is 31.1 Å². The van der Waals surface area contributed by atoms with E-state index >= 15 is 0 Å². The fraction of sp³-hybridized carbons (Fsp3) is 0.375. The van der Waals surface area contributed by atoms with Crippen LogP contribution in [0.5, 0.6) is 0 Å². The molecule has 4 heteroatoms. The number of hydrogen-bond donors (Lipinski definition) is 0. The van der Waals surface area contributed by atoms with E-state index in [9.17, 15) is 0 Å². The van der Waals surface area contributed by atoms with Crippen molar-refractivity contribution in [2.24, 2.45) is 0 Å². The summed E-state index contributed by atoms with van der Waals surface area (Å²) < 4.78 is 1.25. The van der Waals surface area contributed by atoms with Gasteiger partial charge in [-0.15, -0.1) is 11.3 Å². The highest BCUT2D eigenvalue weighted by atomic mass is 79.9. The van der Waals surface area contributed by atoms with Crippen molar-refractivity contribution in [1.29, 1.82) is 0 Å². The number of halogens is 1. The summed E-state index contributed by atoms with van der Waals surface area (Å²) in [5.41, 5.74) is 2.70. The second-order valence-electron chi connectivity index (χ2n) is 5.29. The minimum absolute atomic E-state index is 1.07. The van der Waals surface area contributed by atoms with Crippen molar-refractivity contribution < 1.29 is 0 Å². The third kappa shape index (κ3) is 3.25. The molecule has 2 nitrogen and oxygen atoms in total. The van der Waals surface area contributed by atoms with Crippen LogP contribution in [0, 0.1) is 6.92 Å². The zero-order valence-corrected chi connectivity index (χ0v) is 14.1. The number of anilines is 1. The van der Waals surface area contributed by atoms with Gasteiger partial charge in [0.15, 0.2) is 0 Å². The van der Waals surface area contributed by atoms with Crippen LogP contribution in [0.15, 0.2) is 40.2 Å². The largest absolute Gasteiger partial charge is 0.369 e. The van der Waals surface area contributed by atoms with Gasteiger partial charge in [0.05, 0.1) is 0 Å². The monoisotopic (exact) mass is 350 g/mol. The van der Waals surface area contributed by atoms with Crippen molar-refractivity contribution >= 4 is 33.0 Å². The first-order chi connectivity index (χ1) is 9.72. The van der Waals surface area contributed by atoms with Gasteiger partial charge in [0.25, 0.3) is 0 Å². The summed E-state index contributed by atoms with van der Waals surface area (Å²) >= 11 is 5.46. The molecule has 0 amide bonds. The lowest BCUT2D eigenvalue weighted by Gasteiger charge is -2.36. The molecule has 1 aromatic carbocycles. The topological polar surface area (TPSA) is 6.48 Å². The zero-order chi connectivity index (χ0) is 13.9. The predicted molar refractivity (Wildman–Crippen MR) is 90.7 cm³/mol. The molecule has 1 aromatic heterocycles. The maximum atomic E-state index is 3.62. The van der Waals surface area contributed by atoms with Gasteiger partial charge >= 0.3 is 0 Å². The molecule has 0 saturated carbocycles. The van der Waals surface area contributed by atoms with E-state index in [2.05, 4.69) is 68.4 Å². The van der Waals surface area contributed by atoms with Gasteiger partial charge in [0, 0.05) is 47.8 Å². The highest BCUT2D eigenvalue weighted by molar-refractivity contribution is 9.10. The molecule has 0 unspecified atom stereocenters. The normalized spacial score (nSPS) is 16.6. The summed E-state index contributed by atoms with van der Waals surface area (Å²) in [5, 5.41) is 2.16. The van der Waals surface area contributed by atoms with Crippen molar-refractivity contribution in [2.45, 2.75) is 13.5 Å². The number of benzene rings is 1. The SMILES string of the molecule is Cc1cccc(N2CCN(Cc3sccc3Br)CC2)c1. The third-order valence-corrected chi connectivity index (χ3v) is 5.71. The molecule has 1 aliphatic rings. The van der Waals surface area contributed by atoms with E-state index in [4.69, 9.17) is 0 Å². The van der Waals surface area contributed by atoms with Gasteiger partial charge in [-0.05, 0) is 52.0 Å². The summed E-state index contributed by atoms with van der Waals surface area (Å²) in [6.07, 6.45) is 0. The van der Waals surface area contributed by atoms with Gasteiger partial charge < -0.3 is 4.90 Å². The fourth-order valence-corrected chi connectivity index (χ4v) is 4.15. The number of piperazine rings is 1. The lowest BCUT2D eigenvalue weighted by Crippen LogP contribution is -2.45. The van der Waals surface area contributed by atoms with Gasteiger partial charge in [-0.1, -0.05) is 12.1 Å². The van der Waals surface area contributed by atoms with Crippen molar-refractivity contribution in [3.63, 3.8) is 0 Å². The molecule has 0 radical (unpaired) electrons. The van der Waals surface area contributed by atoms with Gasteiger partial charge in [0.2, 0.25) is 0 Å². The van der Waals surface area contributed by atoms with Gasteiger partial charge in [-0.25, -0.2) is 0 Å². The lowest BCUT2D eigenvalue weighted by molar-refractivity contribution is 0.251. The standard InChI is InChI=1S/C16H19BrN2S/c1-13-3-2-4-14(11-13)19-8-6-18(7-9-19)12-16-15(17)5-10-20-16/h2-5,10-11H,6-9,12H2,1H3. The van der Waals surface area contributed by atoms with E-state index in [-0.39, 0.29) is 0 Å². The molecule has 0 aliphatic carbocycles. The van der Waals surface area contributed by atoms with Gasteiger partial charge in [0.1, 0.15) is 0 Å². The summed E-state index contributed by atoms with van der Waals surface area (Å²) in [5.74, 6) is 0. The molecule has 2 aromatic rings. The smallest absolute Gasteiger partial charge is 0.0369 e. The summed E-state index contributed by atoms with van der Waals surface area (Å²) in [7, 11) is 0. The Labute approximate surface area is 133 Å². The number of rotatable bonds is 3. The molecule has 0 bridgehead atoms. The Balaban J connectivity index is 1.58. The lowest BCUT2D eigenvalue weighted by atomic mass is 10.2. The molecular formula is C16H19BrN2S. The number of aryl methyl sites for hydroxylation is 1. The fourth-order valence-electron chi connectivity index (χ4n) is 2.63. The number of nitrogens with zero attached hydrogens (tertiary/aromatic N) is 2. The summed E-state index contributed by atoms with van der Waals surface area (Å²) in [6.45, 7) is 7.74. The van der Waals surface area contributed by atoms with E-state index in [0.717, 1.165) is 32.7 Å². The Kier molecular flexibility index (Phi) is 4.44. The van der Waals surface area contributed by atoms with E-state index in [1.807, 2.05) is 11.3 Å². The number of hydrogen-bond acceptors (Lipinski definition) is 3. The third-order valence-electron chi connectivity index (χ3n) is 3.80. The minimum Gasteiger partial charge on any atom is -0.369 e. The van der Waals surface area contributed by atoms with E-state index in [1.165, 1.54) is 20.6 Å². The second-order valence-corrected chi connectivity index (χ2v) is 7.15. The maximum Gasteiger partial charge on any atom is 0.0369 e. The zero-order valence-electron chi connectivity index (χ0n) is 11.7. The first-order valence-electron chi connectivity index (χ1n) is 6.98. The van der Waals surface area contributed by atoms with Crippen LogP contribution >= 0.6 is 27.3 Å². The highest BCUT2D eigenvalue weighted by Crippen LogP contribution is 2.25. The molecule has 106 valence electrons. The van der Waals surface area contributed by atoms with E-state index < -0.39 is 0 Å². The summed E-state index contributed by atoms with van der Waals surface area (Å²) in [4.78, 5) is 6.48. The Morgan fingerprint density at radius 1 is 1.15 bits per heavy atom. The molecule has 2 heterocycles. The quantitative estimate of drug-likeness (QED) is 0.820. The second kappa shape index (κ2) is 6.29. The van der Waals surface area contributed by atoms with Crippen molar-refractivity contribution in [3.05, 3.63) is 50.6 Å². The Bertz CT molecular complexity index is 573. The predicted octanol–water partition coefficient (Wildman–Crippen LogP) is 4.14. The van der Waals surface area contributed by atoms with Gasteiger partial charge in [-0.3, -0.25) is 4.90 Å². The Morgan fingerprint density at radius 3 is 2.60 bits per heavy atom. The molecular weight excluding hydrogens is 332 g/mol. The number of thiophene rings is 1. The molecule has 0 N–H and O–H groups in total. The Hall–Kier alpha value is -0.840. The van der Waals surface area contributed by atoms with Gasteiger partial charge in [-0.2, -0.15) is 0 Å². The first-order valence-corrected chi connectivity index (χ1v) is 8.65. The van der Waals surface area contributed by atoms with Crippen LogP contribution in [0.2, 0.25) is 0 Å². The molecule has 20 heavy (non-hydrogen) atoms. The molecule has 1 saturated heterocycles.